The first-order valence-electron chi connectivity index (χ1n) is 6.15. The molecule has 0 N–H and O–H groups in total. The van der Waals surface area contributed by atoms with Gasteiger partial charge in [0.2, 0.25) is 0 Å². The monoisotopic (exact) mass is 243 g/mol. The van der Waals surface area contributed by atoms with Gasteiger partial charge in [-0.25, -0.2) is 0 Å². The van der Waals surface area contributed by atoms with Crippen LogP contribution in [0.1, 0.15) is 30.9 Å². The Labute approximate surface area is 107 Å². The van der Waals surface area contributed by atoms with Crippen molar-refractivity contribution in [1.82, 2.24) is 0 Å². The Morgan fingerprint density at radius 3 is 2.88 bits per heavy atom. The van der Waals surface area contributed by atoms with Crippen LogP contribution in [-0.2, 0) is 0 Å². The van der Waals surface area contributed by atoms with Crippen LogP contribution >= 0.6 is 11.8 Å². The molecule has 0 amide bonds. The summed E-state index contributed by atoms with van der Waals surface area (Å²) in [6.07, 6.45) is 4.51. The summed E-state index contributed by atoms with van der Waals surface area (Å²) in [4.78, 5) is 6.22. The van der Waals surface area contributed by atoms with Crippen LogP contribution in [0.5, 0.6) is 0 Å². The van der Waals surface area contributed by atoms with Gasteiger partial charge in [-0.05, 0) is 43.0 Å². The van der Waals surface area contributed by atoms with E-state index in [2.05, 4.69) is 51.1 Å². The molecule has 1 nitrogen and oxygen atoms in total. The van der Waals surface area contributed by atoms with Crippen LogP contribution in [-0.4, -0.2) is 11.1 Å². The zero-order chi connectivity index (χ0) is 12.0. The van der Waals surface area contributed by atoms with E-state index >= 15 is 0 Å². The van der Waals surface area contributed by atoms with E-state index in [1.807, 2.05) is 11.8 Å². The van der Waals surface area contributed by atoms with Crippen molar-refractivity contribution in [2.24, 2.45) is 10.9 Å². The van der Waals surface area contributed by atoms with Crippen molar-refractivity contribution in [3.8, 4) is 0 Å². The topological polar surface area (TPSA) is 12.4 Å². The van der Waals surface area contributed by atoms with Gasteiger partial charge >= 0.3 is 0 Å². The van der Waals surface area contributed by atoms with Gasteiger partial charge in [-0.1, -0.05) is 36.9 Å². The average molecular weight is 243 g/mol. The number of aryl methyl sites for hydroxylation is 1. The minimum Gasteiger partial charge on any atom is -0.275 e. The van der Waals surface area contributed by atoms with Crippen LogP contribution in [0.25, 0.3) is 0 Å². The van der Waals surface area contributed by atoms with E-state index < -0.39 is 0 Å². The van der Waals surface area contributed by atoms with Crippen LogP contribution in [0.2, 0.25) is 0 Å². The summed E-state index contributed by atoms with van der Waals surface area (Å²) < 4.78 is 0. The molecule has 0 saturated heterocycles. The molecule has 2 aliphatic heterocycles. The highest BCUT2D eigenvalue weighted by atomic mass is 32.2. The van der Waals surface area contributed by atoms with Crippen molar-refractivity contribution < 1.29 is 0 Å². The fourth-order valence-electron chi connectivity index (χ4n) is 2.63. The molecule has 0 aromatic heterocycles. The molecule has 0 radical (unpaired) electrons. The summed E-state index contributed by atoms with van der Waals surface area (Å²) in [7, 11) is 0. The number of hydrogen-bond donors (Lipinski definition) is 0. The molecule has 0 saturated carbocycles. The van der Waals surface area contributed by atoms with Crippen molar-refractivity contribution >= 4 is 17.5 Å². The highest BCUT2D eigenvalue weighted by molar-refractivity contribution is 8.00. The molecule has 0 spiro atoms. The van der Waals surface area contributed by atoms with Crippen molar-refractivity contribution in [2.75, 3.05) is 0 Å². The Kier molecular flexibility index (Phi) is 2.62. The standard InChI is InChI=1S/C15H17NS/c1-9-4-6-13-12-7-5-10(2)16-15(11(12)3)17-14(13)8-9/h4-8,11-12,15H,1-3H3/t11?,12-,15?/m1/s1. The van der Waals surface area contributed by atoms with Gasteiger partial charge in [0, 0.05) is 16.5 Å². The van der Waals surface area contributed by atoms with Crippen molar-refractivity contribution in [1.29, 1.82) is 0 Å². The van der Waals surface area contributed by atoms with Crippen molar-refractivity contribution in [3.63, 3.8) is 0 Å². The predicted octanol–water partition coefficient (Wildman–Crippen LogP) is 4.18. The Hall–Kier alpha value is -1.02. The maximum Gasteiger partial charge on any atom is 0.103 e. The van der Waals surface area contributed by atoms with Crippen LogP contribution < -0.4 is 0 Å². The van der Waals surface area contributed by atoms with Crippen LogP contribution in [0.3, 0.4) is 0 Å². The number of hydrogen-bond acceptors (Lipinski definition) is 2. The third-order valence-electron chi connectivity index (χ3n) is 3.67. The van der Waals surface area contributed by atoms with E-state index in [1.165, 1.54) is 16.0 Å². The lowest BCUT2D eigenvalue weighted by molar-refractivity contribution is 0.498. The van der Waals surface area contributed by atoms with E-state index in [1.54, 1.807) is 0 Å². The highest BCUT2D eigenvalue weighted by Gasteiger charge is 2.34. The number of nitrogens with zero attached hydrogens (tertiary/aromatic N) is 1. The number of rotatable bonds is 0. The second kappa shape index (κ2) is 4.02. The van der Waals surface area contributed by atoms with Gasteiger partial charge in [-0.2, -0.15) is 0 Å². The van der Waals surface area contributed by atoms with E-state index in [4.69, 9.17) is 4.99 Å². The summed E-state index contributed by atoms with van der Waals surface area (Å²) >= 11 is 1.92. The van der Waals surface area contributed by atoms with E-state index in [0.717, 1.165) is 5.71 Å². The smallest absolute Gasteiger partial charge is 0.103 e. The second-order valence-corrected chi connectivity index (χ2v) is 6.22. The minimum atomic E-state index is 0.379. The number of thioether (sulfide) groups is 1. The summed E-state index contributed by atoms with van der Waals surface area (Å²) in [5.74, 6) is 1.11. The van der Waals surface area contributed by atoms with Gasteiger partial charge < -0.3 is 0 Å². The van der Waals surface area contributed by atoms with Crippen LogP contribution in [0.4, 0.5) is 0 Å². The molecule has 2 aliphatic rings. The molecular weight excluding hydrogens is 226 g/mol. The molecule has 1 aromatic carbocycles. The van der Waals surface area contributed by atoms with Crippen LogP contribution in [0, 0.1) is 12.8 Å². The number of fused-ring (bicyclic) bond motifs is 4. The summed E-state index contributed by atoms with van der Waals surface area (Å²) in [5, 5.41) is 0.379. The third-order valence-corrected chi connectivity index (χ3v) is 5.05. The molecule has 2 unspecified atom stereocenters. The van der Waals surface area contributed by atoms with Crippen molar-refractivity contribution in [3.05, 3.63) is 41.5 Å². The molecule has 3 rings (SSSR count). The Morgan fingerprint density at radius 2 is 2.06 bits per heavy atom. The molecule has 17 heavy (non-hydrogen) atoms. The molecular formula is C15H17NS. The lowest BCUT2D eigenvalue weighted by Crippen LogP contribution is -2.23. The predicted molar refractivity (Wildman–Crippen MR) is 75.0 cm³/mol. The Balaban J connectivity index is 2.14. The van der Waals surface area contributed by atoms with Crippen LogP contribution in [0.15, 0.2) is 40.2 Å². The fourth-order valence-corrected chi connectivity index (χ4v) is 4.08. The fraction of sp³-hybridized carbons (Fsp3) is 0.400. The SMILES string of the molecule is CC1=NC2Sc3cc(C)ccc3[C@H](C=C1)C2C. The first-order chi connectivity index (χ1) is 8.15. The molecule has 0 aliphatic carbocycles. The Morgan fingerprint density at radius 1 is 1.24 bits per heavy atom. The molecule has 2 heteroatoms. The number of aliphatic imine (C=N–C) groups is 1. The average Bonchev–Trinajstić information content (AvgIpc) is 2.38. The largest absolute Gasteiger partial charge is 0.275 e. The molecule has 1 aromatic rings. The molecule has 2 heterocycles. The first-order valence-corrected chi connectivity index (χ1v) is 7.03. The normalized spacial score (nSPS) is 30.5. The van der Waals surface area contributed by atoms with E-state index in [0.29, 0.717) is 17.2 Å². The van der Waals surface area contributed by atoms with Gasteiger partial charge in [-0.3, -0.25) is 4.99 Å². The third kappa shape index (κ3) is 1.85. The summed E-state index contributed by atoms with van der Waals surface area (Å²) in [6.45, 7) is 6.57. The second-order valence-electron chi connectivity index (χ2n) is 5.06. The Bertz CT molecular complexity index is 516. The summed E-state index contributed by atoms with van der Waals surface area (Å²) in [5.41, 5.74) is 3.97. The minimum absolute atomic E-state index is 0.379. The quantitative estimate of drug-likeness (QED) is 0.666. The zero-order valence-corrected chi connectivity index (χ0v) is 11.3. The first kappa shape index (κ1) is 11.1. The van der Waals surface area contributed by atoms with Gasteiger partial charge in [0.15, 0.2) is 0 Å². The maximum absolute atomic E-state index is 4.80. The van der Waals surface area contributed by atoms with Gasteiger partial charge in [-0.15, -0.1) is 0 Å². The zero-order valence-electron chi connectivity index (χ0n) is 10.5. The van der Waals surface area contributed by atoms with Crippen molar-refractivity contribution in [2.45, 2.75) is 37.0 Å². The lowest BCUT2D eigenvalue weighted by Gasteiger charge is -2.33. The number of benzene rings is 1. The molecule has 3 atom stereocenters. The maximum atomic E-state index is 4.80. The van der Waals surface area contributed by atoms with Gasteiger partial charge in [0.25, 0.3) is 0 Å². The van der Waals surface area contributed by atoms with Gasteiger partial charge in [0.05, 0.1) is 0 Å². The summed E-state index contributed by atoms with van der Waals surface area (Å²) in [6, 6.07) is 6.81. The molecule has 2 bridgehead atoms. The lowest BCUT2D eigenvalue weighted by atomic mass is 9.86. The van der Waals surface area contributed by atoms with E-state index in [9.17, 15) is 0 Å². The van der Waals surface area contributed by atoms with Gasteiger partial charge in [0.1, 0.15) is 5.37 Å². The highest BCUT2D eigenvalue weighted by Crippen LogP contribution is 2.47. The molecule has 88 valence electrons. The molecule has 0 fully saturated rings. The van der Waals surface area contributed by atoms with E-state index in [-0.39, 0.29) is 0 Å². The number of allylic oxidation sites excluding steroid dienone is 2.